The summed E-state index contributed by atoms with van der Waals surface area (Å²) in [7, 11) is 0. The molecule has 0 fully saturated rings. The molecule has 11 heavy (non-hydrogen) atoms. The van der Waals surface area contributed by atoms with E-state index in [1.807, 2.05) is 0 Å². The lowest BCUT2D eigenvalue weighted by molar-refractivity contribution is 0.0694. The van der Waals surface area contributed by atoms with Crippen LogP contribution < -0.4 is 0 Å². The zero-order valence-corrected chi connectivity index (χ0v) is 5.91. The molecule has 0 bridgehead atoms. The normalized spacial score (nSPS) is 9.45. The Kier molecular flexibility index (Phi) is 2.11. The minimum Gasteiger partial charge on any atom is -0.478 e. The molecule has 0 aliphatic rings. The molecule has 0 spiro atoms. The second-order valence-corrected chi connectivity index (χ2v) is 2.06. The highest BCUT2D eigenvalue weighted by Crippen LogP contribution is 2.10. The van der Waals surface area contributed by atoms with Gasteiger partial charge in [-0.15, -0.1) is 6.58 Å². The summed E-state index contributed by atoms with van der Waals surface area (Å²) in [5.74, 6) is -0.511. The Bertz CT molecular complexity index is 273. The van der Waals surface area contributed by atoms with Crippen molar-refractivity contribution in [1.82, 2.24) is 0 Å². The molecular formula is C8H8O3. The molecule has 1 heterocycles. The Morgan fingerprint density at radius 3 is 3.09 bits per heavy atom. The number of hydrogen-bond acceptors (Lipinski definition) is 2. The number of rotatable bonds is 3. The van der Waals surface area contributed by atoms with Crippen molar-refractivity contribution in [2.45, 2.75) is 6.42 Å². The summed E-state index contributed by atoms with van der Waals surface area (Å²) in [5.41, 5.74) is 0.213. The van der Waals surface area contributed by atoms with Crippen molar-refractivity contribution in [3.8, 4) is 0 Å². The first kappa shape index (κ1) is 7.60. The van der Waals surface area contributed by atoms with Crippen LogP contribution in [0.5, 0.6) is 0 Å². The number of aromatic carboxylic acids is 1. The van der Waals surface area contributed by atoms with Crippen molar-refractivity contribution in [1.29, 1.82) is 0 Å². The van der Waals surface area contributed by atoms with Gasteiger partial charge < -0.3 is 9.52 Å². The fraction of sp³-hybridized carbons (Fsp3) is 0.125. The number of hydrogen-bond donors (Lipinski definition) is 1. The van der Waals surface area contributed by atoms with Crippen LogP contribution in [0.15, 0.2) is 29.4 Å². The third-order valence-electron chi connectivity index (χ3n) is 1.31. The van der Waals surface area contributed by atoms with Gasteiger partial charge in [0, 0.05) is 6.42 Å². The standard InChI is InChI=1S/C8H8O3/c1-2-3-7-6(8(9)10)4-5-11-7/h2,4-5H,1,3H2,(H,9,10). The fourth-order valence-corrected chi connectivity index (χ4v) is 0.820. The van der Waals surface area contributed by atoms with Crippen LogP contribution in [0.2, 0.25) is 0 Å². The molecule has 0 aliphatic heterocycles. The van der Waals surface area contributed by atoms with E-state index in [0.29, 0.717) is 12.2 Å². The van der Waals surface area contributed by atoms with E-state index in [-0.39, 0.29) is 5.56 Å². The monoisotopic (exact) mass is 152 g/mol. The molecule has 1 aromatic rings. The third-order valence-corrected chi connectivity index (χ3v) is 1.31. The molecule has 0 aliphatic carbocycles. The smallest absolute Gasteiger partial charge is 0.339 e. The summed E-state index contributed by atoms with van der Waals surface area (Å²) in [6.45, 7) is 3.48. The molecule has 0 radical (unpaired) electrons. The quantitative estimate of drug-likeness (QED) is 0.670. The summed E-state index contributed by atoms with van der Waals surface area (Å²) in [6, 6.07) is 1.43. The van der Waals surface area contributed by atoms with E-state index in [1.165, 1.54) is 12.3 Å². The van der Waals surface area contributed by atoms with E-state index in [9.17, 15) is 4.79 Å². The molecule has 3 heteroatoms. The third kappa shape index (κ3) is 1.49. The second-order valence-electron chi connectivity index (χ2n) is 2.06. The predicted octanol–water partition coefficient (Wildman–Crippen LogP) is 1.71. The summed E-state index contributed by atoms with van der Waals surface area (Å²) in [5, 5.41) is 8.59. The molecule has 3 nitrogen and oxygen atoms in total. The van der Waals surface area contributed by atoms with Gasteiger partial charge in [-0.3, -0.25) is 0 Å². The van der Waals surface area contributed by atoms with Gasteiger partial charge in [0.2, 0.25) is 0 Å². The molecule has 0 amide bonds. The van der Waals surface area contributed by atoms with Gasteiger partial charge in [0.05, 0.1) is 6.26 Å². The fourth-order valence-electron chi connectivity index (χ4n) is 0.820. The lowest BCUT2D eigenvalue weighted by Crippen LogP contribution is -1.97. The zero-order valence-electron chi connectivity index (χ0n) is 5.91. The van der Waals surface area contributed by atoms with E-state index in [4.69, 9.17) is 9.52 Å². The highest BCUT2D eigenvalue weighted by Gasteiger charge is 2.10. The molecule has 1 N–H and O–H groups in total. The highest BCUT2D eigenvalue weighted by atomic mass is 16.4. The molecular weight excluding hydrogens is 144 g/mol. The topological polar surface area (TPSA) is 50.4 Å². The van der Waals surface area contributed by atoms with Crippen LogP contribution in [0.4, 0.5) is 0 Å². The average molecular weight is 152 g/mol. The SMILES string of the molecule is C=CCc1occc1C(=O)O. The first-order valence-electron chi connectivity index (χ1n) is 3.16. The van der Waals surface area contributed by atoms with Crippen molar-refractivity contribution in [2.75, 3.05) is 0 Å². The van der Waals surface area contributed by atoms with Crippen LogP contribution in [-0.4, -0.2) is 11.1 Å². The Hall–Kier alpha value is -1.51. The lowest BCUT2D eigenvalue weighted by Gasteiger charge is -1.91. The van der Waals surface area contributed by atoms with E-state index < -0.39 is 5.97 Å². The van der Waals surface area contributed by atoms with Gasteiger partial charge in [-0.1, -0.05) is 6.08 Å². The molecule has 0 unspecified atom stereocenters. The summed E-state index contributed by atoms with van der Waals surface area (Å²) < 4.78 is 4.91. The van der Waals surface area contributed by atoms with E-state index in [1.54, 1.807) is 6.08 Å². The maximum Gasteiger partial charge on any atom is 0.339 e. The van der Waals surface area contributed by atoms with Crippen LogP contribution in [0.3, 0.4) is 0 Å². The number of allylic oxidation sites excluding steroid dienone is 1. The van der Waals surface area contributed by atoms with Gasteiger partial charge in [0.25, 0.3) is 0 Å². The second kappa shape index (κ2) is 3.05. The number of carbonyl (C=O) groups is 1. The molecule has 0 saturated carbocycles. The molecule has 0 atom stereocenters. The molecule has 0 aromatic carbocycles. The average Bonchev–Trinajstić information content (AvgIpc) is 2.36. The zero-order chi connectivity index (χ0) is 8.27. The van der Waals surface area contributed by atoms with Crippen LogP contribution in [0.25, 0.3) is 0 Å². The van der Waals surface area contributed by atoms with Crippen LogP contribution in [0.1, 0.15) is 16.1 Å². The van der Waals surface area contributed by atoms with Gasteiger partial charge in [-0.2, -0.15) is 0 Å². The van der Waals surface area contributed by atoms with E-state index in [2.05, 4.69) is 6.58 Å². The van der Waals surface area contributed by atoms with Gasteiger partial charge in [0.1, 0.15) is 11.3 Å². The number of carboxylic acids is 1. The van der Waals surface area contributed by atoms with Gasteiger partial charge in [0.15, 0.2) is 0 Å². The lowest BCUT2D eigenvalue weighted by atomic mass is 10.2. The van der Waals surface area contributed by atoms with Crippen LogP contribution in [-0.2, 0) is 6.42 Å². The summed E-state index contributed by atoms with van der Waals surface area (Å²) in [6.07, 6.45) is 3.42. The van der Waals surface area contributed by atoms with Crippen molar-refractivity contribution in [3.63, 3.8) is 0 Å². The van der Waals surface area contributed by atoms with Gasteiger partial charge >= 0.3 is 5.97 Å². The summed E-state index contributed by atoms with van der Waals surface area (Å²) in [4.78, 5) is 10.5. The maximum absolute atomic E-state index is 10.5. The van der Waals surface area contributed by atoms with E-state index in [0.717, 1.165) is 0 Å². The molecule has 1 rings (SSSR count). The highest BCUT2D eigenvalue weighted by molar-refractivity contribution is 5.88. The molecule has 58 valence electrons. The first-order chi connectivity index (χ1) is 5.25. The van der Waals surface area contributed by atoms with E-state index >= 15 is 0 Å². The van der Waals surface area contributed by atoms with Crippen LogP contribution in [0, 0.1) is 0 Å². The van der Waals surface area contributed by atoms with Crippen molar-refractivity contribution >= 4 is 5.97 Å². The van der Waals surface area contributed by atoms with Gasteiger partial charge in [-0.05, 0) is 6.07 Å². The Morgan fingerprint density at radius 1 is 1.82 bits per heavy atom. The van der Waals surface area contributed by atoms with Crippen molar-refractivity contribution in [2.24, 2.45) is 0 Å². The Morgan fingerprint density at radius 2 is 2.55 bits per heavy atom. The predicted molar refractivity (Wildman–Crippen MR) is 39.6 cm³/mol. The molecule has 0 saturated heterocycles. The minimum absolute atomic E-state index is 0.213. The van der Waals surface area contributed by atoms with Crippen LogP contribution >= 0.6 is 0 Å². The first-order valence-corrected chi connectivity index (χ1v) is 3.16. The number of carboxylic acid groups (broad SMARTS) is 1. The minimum atomic E-state index is -0.962. The summed E-state index contributed by atoms with van der Waals surface area (Å²) >= 11 is 0. The number of furan rings is 1. The largest absolute Gasteiger partial charge is 0.478 e. The van der Waals surface area contributed by atoms with Crippen molar-refractivity contribution in [3.05, 3.63) is 36.3 Å². The Balaban J connectivity index is 2.95. The van der Waals surface area contributed by atoms with Crippen molar-refractivity contribution < 1.29 is 14.3 Å². The maximum atomic E-state index is 10.5. The van der Waals surface area contributed by atoms with Gasteiger partial charge in [-0.25, -0.2) is 4.79 Å². The molecule has 1 aromatic heterocycles. The Labute approximate surface area is 64.0 Å².